The van der Waals surface area contributed by atoms with Crippen LogP contribution in [0.25, 0.3) is 11.0 Å². The molecule has 1 fully saturated rings. The number of sulfone groups is 1. The van der Waals surface area contributed by atoms with E-state index in [2.05, 4.69) is 30.7 Å². The largest absolute Gasteiger partial charge is 0.345 e. The molecule has 2 aromatic carbocycles. The highest BCUT2D eigenvalue weighted by Crippen LogP contribution is 2.56. The number of carbonyl (C=O) groups excluding carboxylic acids is 1. The normalized spacial score (nSPS) is 24.8. The number of carbonyl (C=O) groups is 1. The summed E-state index contributed by atoms with van der Waals surface area (Å²) in [6.07, 6.45) is 4.40. The third-order valence-electron chi connectivity index (χ3n) is 7.93. The van der Waals surface area contributed by atoms with Crippen molar-refractivity contribution in [2.45, 2.75) is 50.0 Å². The first kappa shape index (κ1) is 20.2. The summed E-state index contributed by atoms with van der Waals surface area (Å²) in [5.74, 6) is 0.0350. The number of aromatic nitrogens is 2. The maximum absolute atomic E-state index is 13.6. The Bertz CT molecular complexity index is 1320. The van der Waals surface area contributed by atoms with Gasteiger partial charge < -0.3 is 9.88 Å². The first-order valence-corrected chi connectivity index (χ1v) is 12.5. The van der Waals surface area contributed by atoms with Crippen LogP contribution in [-0.4, -0.2) is 48.0 Å². The number of benzene rings is 2. The van der Waals surface area contributed by atoms with Crippen molar-refractivity contribution in [3.8, 4) is 0 Å². The summed E-state index contributed by atoms with van der Waals surface area (Å²) in [7, 11) is -3.27. The van der Waals surface area contributed by atoms with Gasteiger partial charge in [-0.25, -0.2) is 13.4 Å². The van der Waals surface area contributed by atoms with E-state index >= 15 is 0 Å². The van der Waals surface area contributed by atoms with E-state index in [0.717, 1.165) is 35.0 Å². The highest BCUT2D eigenvalue weighted by molar-refractivity contribution is 7.90. The zero-order valence-electron chi connectivity index (χ0n) is 18.3. The van der Waals surface area contributed by atoms with Crippen LogP contribution < -0.4 is 0 Å². The number of imidazole rings is 1. The molecule has 5 rings (SSSR count). The maximum atomic E-state index is 13.6. The number of nitrogens with zero attached hydrogens (tertiary/aromatic N) is 2. The standard InChI is InChI=1S/C24H27N3O3S/c1-23(2)21-12-15-5-7-17(31(4,29)30)13-18(15)24(23,3)9-10-27(21)22(28)16-6-8-19-20(11-16)26-14-25-19/h5-8,11,13-14,21H,9-10,12H2,1-4H3,(H,25,26). The molecule has 2 heterocycles. The Labute approximate surface area is 182 Å². The summed E-state index contributed by atoms with van der Waals surface area (Å²) in [4.78, 5) is 23.3. The van der Waals surface area contributed by atoms with Gasteiger partial charge in [-0.05, 0) is 59.7 Å². The molecular weight excluding hydrogens is 410 g/mol. The molecule has 0 saturated carbocycles. The molecule has 1 aromatic heterocycles. The molecule has 1 amide bonds. The van der Waals surface area contributed by atoms with Crippen LogP contribution >= 0.6 is 0 Å². The Morgan fingerprint density at radius 3 is 2.68 bits per heavy atom. The molecule has 2 unspecified atom stereocenters. The summed E-state index contributed by atoms with van der Waals surface area (Å²) >= 11 is 0. The SMILES string of the molecule is CC12CCN(C(=O)c3ccc4nc[nH]c4c3)C(Cc3ccc(S(C)(=O)=O)cc31)C2(C)C. The van der Waals surface area contributed by atoms with Crippen molar-refractivity contribution in [2.24, 2.45) is 5.41 Å². The topological polar surface area (TPSA) is 83.1 Å². The zero-order valence-corrected chi connectivity index (χ0v) is 19.1. The fourth-order valence-electron chi connectivity index (χ4n) is 5.59. The van der Waals surface area contributed by atoms with Gasteiger partial charge in [0, 0.05) is 29.8 Å². The molecule has 0 spiro atoms. The lowest BCUT2D eigenvalue weighted by molar-refractivity contribution is -0.0263. The molecule has 31 heavy (non-hydrogen) atoms. The number of amides is 1. The van der Waals surface area contributed by atoms with Crippen LogP contribution in [-0.2, 0) is 21.7 Å². The highest BCUT2D eigenvalue weighted by Gasteiger charge is 2.57. The first-order chi connectivity index (χ1) is 14.5. The van der Waals surface area contributed by atoms with E-state index in [9.17, 15) is 13.2 Å². The van der Waals surface area contributed by atoms with Gasteiger partial charge in [-0.1, -0.05) is 26.8 Å². The second-order valence-electron chi connectivity index (χ2n) is 9.75. The van der Waals surface area contributed by atoms with Crippen LogP contribution in [0.3, 0.4) is 0 Å². The van der Waals surface area contributed by atoms with E-state index in [4.69, 9.17) is 0 Å². The fourth-order valence-corrected chi connectivity index (χ4v) is 6.24. The number of piperidine rings is 1. The number of H-pyrrole nitrogens is 1. The predicted octanol–water partition coefficient (Wildman–Crippen LogP) is 3.72. The van der Waals surface area contributed by atoms with Gasteiger partial charge in [-0.3, -0.25) is 4.79 Å². The molecule has 162 valence electrons. The summed E-state index contributed by atoms with van der Waals surface area (Å²) in [5.41, 5.74) is 4.20. The smallest absolute Gasteiger partial charge is 0.254 e. The molecule has 2 bridgehead atoms. The fraction of sp³-hybridized carbons (Fsp3) is 0.417. The third kappa shape index (κ3) is 2.86. The van der Waals surface area contributed by atoms with Crippen LogP contribution in [0.2, 0.25) is 0 Å². The number of fused-ring (bicyclic) bond motifs is 5. The molecule has 2 aliphatic rings. The molecule has 1 aliphatic heterocycles. The molecule has 1 N–H and O–H groups in total. The Morgan fingerprint density at radius 2 is 1.94 bits per heavy atom. The van der Waals surface area contributed by atoms with Crippen molar-refractivity contribution >= 4 is 26.8 Å². The lowest BCUT2D eigenvalue weighted by Crippen LogP contribution is -2.64. The molecular formula is C24H27N3O3S. The molecule has 7 heteroatoms. The lowest BCUT2D eigenvalue weighted by Gasteiger charge is -2.60. The van der Waals surface area contributed by atoms with Gasteiger partial charge in [-0.15, -0.1) is 0 Å². The first-order valence-electron chi connectivity index (χ1n) is 10.6. The van der Waals surface area contributed by atoms with E-state index in [1.165, 1.54) is 6.26 Å². The number of aromatic amines is 1. The molecule has 6 nitrogen and oxygen atoms in total. The van der Waals surface area contributed by atoms with Crippen molar-refractivity contribution in [3.05, 3.63) is 59.4 Å². The van der Waals surface area contributed by atoms with Crippen LogP contribution in [0.5, 0.6) is 0 Å². The van der Waals surface area contributed by atoms with Crippen molar-refractivity contribution in [2.75, 3.05) is 12.8 Å². The minimum absolute atomic E-state index is 0.0350. The zero-order chi connectivity index (χ0) is 22.2. The number of hydrogen-bond acceptors (Lipinski definition) is 4. The Balaban J connectivity index is 1.57. The van der Waals surface area contributed by atoms with Crippen molar-refractivity contribution in [1.82, 2.24) is 14.9 Å². The quantitative estimate of drug-likeness (QED) is 0.662. The number of hydrogen-bond donors (Lipinski definition) is 1. The highest BCUT2D eigenvalue weighted by atomic mass is 32.2. The Hall–Kier alpha value is -2.67. The van der Waals surface area contributed by atoms with Crippen molar-refractivity contribution < 1.29 is 13.2 Å². The van der Waals surface area contributed by atoms with E-state index in [0.29, 0.717) is 17.0 Å². The number of likely N-dealkylation sites (tertiary alicyclic amines) is 1. The summed E-state index contributed by atoms with van der Waals surface area (Å²) in [6, 6.07) is 11.1. The molecule has 0 radical (unpaired) electrons. The van der Waals surface area contributed by atoms with E-state index < -0.39 is 9.84 Å². The van der Waals surface area contributed by atoms with Gasteiger partial charge in [0.1, 0.15) is 0 Å². The minimum Gasteiger partial charge on any atom is -0.345 e. The molecule has 2 atom stereocenters. The van der Waals surface area contributed by atoms with E-state index in [1.807, 2.05) is 35.2 Å². The van der Waals surface area contributed by atoms with E-state index in [1.54, 1.807) is 12.4 Å². The third-order valence-corrected chi connectivity index (χ3v) is 9.04. The maximum Gasteiger partial charge on any atom is 0.254 e. The monoisotopic (exact) mass is 437 g/mol. The summed E-state index contributed by atoms with van der Waals surface area (Å²) in [6.45, 7) is 7.30. The number of rotatable bonds is 2. The molecule has 1 aliphatic carbocycles. The van der Waals surface area contributed by atoms with Crippen molar-refractivity contribution in [1.29, 1.82) is 0 Å². The van der Waals surface area contributed by atoms with Gasteiger partial charge in [0.2, 0.25) is 0 Å². The second-order valence-corrected chi connectivity index (χ2v) is 11.8. The predicted molar refractivity (Wildman–Crippen MR) is 120 cm³/mol. The molecule has 3 aromatic rings. The summed E-state index contributed by atoms with van der Waals surface area (Å²) < 4.78 is 24.3. The van der Waals surface area contributed by atoms with E-state index in [-0.39, 0.29) is 22.8 Å². The summed E-state index contributed by atoms with van der Waals surface area (Å²) in [5, 5.41) is 0. The van der Waals surface area contributed by atoms with Crippen LogP contribution in [0.1, 0.15) is 48.7 Å². The Morgan fingerprint density at radius 1 is 1.16 bits per heavy atom. The van der Waals surface area contributed by atoms with Gasteiger partial charge in [0.25, 0.3) is 5.91 Å². The number of nitrogens with one attached hydrogen (secondary N) is 1. The van der Waals surface area contributed by atoms with Gasteiger partial charge in [-0.2, -0.15) is 0 Å². The van der Waals surface area contributed by atoms with Crippen LogP contribution in [0.15, 0.2) is 47.6 Å². The van der Waals surface area contributed by atoms with Gasteiger partial charge in [0.05, 0.1) is 22.3 Å². The van der Waals surface area contributed by atoms with Crippen LogP contribution in [0, 0.1) is 5.41 Å². The average molecular weight is 438 g/mol. The Kier molecular flexibility index (Phi) is 4.19. The van der Waals surface area contributed by atoms with Crippen LogP contribution in [0.4, 0.5) is 0 Å². The van der Waals surface area contributed by atoms with Gasteiger partial charge in [0.15, 0.2) is 9.84 Å². The average Bonchev–Trinajstić information content (AvgIpc) is 3.17. The van der Waals surface area contributed by atoms with Gasteiger partial charge >= 0.3 is 0 Å². The minimum atomic E-state index is -3.27. The van der Waals surface area contributed by atoms with Crippen molar-refractivity contribution in [3.63, 3.8) is 0 Å². The molecule has 1 saturated heterocycles. The second kappa shape index (κ2) is 6.42. The lowest BCUT2D eigenvalue weighted by atomic mass is 9.51.